The minimum absolute atomic E-state index is 0.101. The summed E-state index contributed by atoms with van der Waals surface area (Å²) < 4.78 is 5.19. The van der Waals surface area contributed by atoms with E-state index in [0.717, 1.165) is 25.7 Å². The van der Waals surface area contributed by atoms with Gasteiger partial charge in [-0.1, -0.05) is 13.0 Å². The molecule has 1 aliphatic carbocycles. The quantitative estimate of drug-likeness (QED) is 0.517. The lowest BCUT2D eigenvalue weighted by Crippen LogP contribution is -2.12. The Labute approximate surface area is 90.5 Å². The van der Waals surface area contributed by atoms with Gasteiger partial charge in [0.1, 0.15) is 11.9 Å². The highest BCUT2D eigenvalue weighted by molar-refractivity contribution is 5.84. The van der Waals surface area contributed by atoms with Crippen molar-refractivity contribution in [2.24, 2.45) is 0 Å². The van der Waals surface area contributed by atoms with Crippen molar-refractivity contribution >= 4 is 11.8 Å². The van der Waals surface area contributed by atoms with Gasteiger partial charge < -0.3 is 4.74 Å². The fourth-order valence-corrected chi connectivity index (χ4v) is 1.64. The second-order valence-electron chi connectivity index (χ2n) is 3.84. The standard InChI is InChI=1S/C12H18O3/c1-2-10(13)6-5-9-12(14)15-11-7-3-4-8-11/h5,9,11H,2-4,6-8H2,1H3/b9-5+. The Morgan fingerprint density at radius 3 is 2.60 bits per heavy atom. The maximum absolute atomic E-state index is 11.2. The van der Waals surface area contributed by atoms with Gasteiger partial charge in [-0.2, -0.15) is 0 Å². The molecule has 0 unspecified atom stereocenters. The molecule has 1 saturated carbocycles. The summed E-state index contributed by atoms with van der Waals surface area (Å²) >= 11 is 0. The van der Waals surface area contributed by atoms with E-state index in [0.29, 0.717) is 12.8 Å². The van der Waals surface area contributed by atoms with E-state index in [4.69, 9.17) is 4.74 Å². The molecule has 15 heavy (non-hydrogen) atoms. The summed E-state index contributed by atoms with van der Waals surface area (Å²) in [5.41, 5.74) is 0. The minimum Gasteiger partial charge on any atom is -0.459 e. The summed E-state index contributed by atoms with van der Waals surface area (Å²) in [7, 11) is 0. The normalized spacial score (nSPS) is 17.1. The maximum Gasteiger partial charge on any atom is 0.330 e. The van der Waals surface area contributed by atoms with Gasteiger partial charge in [-0.3, -0.25) is 4.79 Å². The fourth-order valence-electron chi connectivity index (χ4n) is 1.64. The Kier molecular flexibility index (Phi) is 5.08. The Bertz CT molecular complexity index is 250. The van der Waals surface area contributed by atoms with E-state index in [1.165, 1.54) is 6.08 Å². The number of carbonyl (C=O) groups is 2. The molecule has 0 heterocycles. The van der Waals surface area contributed by atoms with Crippen molar-refractivity contribution in [3.05, 3.63) is 12.2 Å². The Morgan fingerprint density at radius 2 is 2.00 bits per heavy atom. The summed E-state index contributed by atoms with van der Waals surface area (Å²) in [5, 5.41) is 0. The molecule has 1 rings (SSSR count). The van der Waals surface area contributed by atoms with Crippen LogP contribution in [0.2, 0.25) is 0 Å². The first kappa shape index (κ1) is 12.0. The molecule has 0 bridgehead atoms. The van der Waals surface area contributed by atoms with Crippen LogP contribution in [-0.4, -0.2) is 17.9 Å². The molecule has 84 valence electrons. The van der Waals surface area contributed by atoms with Crippen molar-refractivity contribution in [1.29, 1.82) is 0 Å². The molecule has 0 saturated heterocycles. The molecule has 0 spiro atoms. The van der Waals surface area contributed by atoms with Crippen LogP contribution < -0.4 is 0 Å². The van der Waals surface area contributed by atoms with Crippen LogP contribution in [0.3, 0.4) is 0 Å². The van der Waals surface area contributed by atoms with Crippen LogP contribution in [0.25, 0.3) is 0 Å². The zero-order chi connectivity index (χ0) is 11.1. The number of hydrogen-bond acceptors (Lipinski definition) is 3. The van der Waals surface area contributed by atoms with Crippen molar-refractivity contribution < 1.29 is 14.3 Å². The minimum atomic E-state index is -0.314. The molecular formula is C12H18O3. The highest BCUT2D eigenvalue weighted by Gasteiger charge is 2.17. The summed E-state index contributed by atoms with van der Waals surface area (Å²) in [6.07, 6.45) is 8.16. The third kappa shape index (κ3) is 4.77. The highest BCUT2D eigenvalue weighted by Crippen LogP contribution is 2.20. The molecule has 0 aliphatic heterocycles. The molecule has 1 aliphatic rings. The van der Waals surface area contributed by atoms with Crippen molar-refractivity contribution in [2.45, 2.75) is 51.6 Å². The van der Waals surface area contributed by atoms with Crippen LogP contribution in [0.4, 0.5) is 0 Å². The maximum atomic E-state index is 11.2. The molecule has 3 heteroatoms. The molecule has 1 fully saturated rings. The molecule has 0 atom stereocenters. The van der Waals surface area contributed by atoms with Gasteiger partial charge in [0.25, 0.3) is 0 Å². The van der Waals surface area contributed by atoms with Crippen molar-refractivity contribution in [1.82, 2.24) is 0 Å². The molecule has 0 radical (unpaired) electrons. The Balaban J connectivity index is 2.19. The number of allylic oxidation sites excluding steroid dienone is 1. The first-order valence-electron chi connectivity index (χ1n) is 5.61. The zero-order valence-corrected chi connectivity index (χ0v) is 9.20. The van der Waals surface area contributed by atoms with Gasteiger partial charge in [-0.15, -0.1) is 0 Å². The number of esters is 1. The number of ether oxygens (including phenoxy) is 1. The molecule has 3 nitrogen and oxygen atoms in total. The third-order valence-electron chi connectivity index (χ3n) is 2.58. The summed E-state index contributed by atoms with van der Waals surface area (Å²) in [5.74, 6) is -0.175. The second kappa shape index (κ2) is 6.38. The molecule has 0 amide bonds. The summed E-state index contributed by atoms with van der Waals surface area (Å²) in [4.78, 5) is 22.2. The first-order valence-corrected chi connectivity index (χ1v) is 5.61. The molecule has 0 N–H and O–H groups in total. The van der Waals surface area contributed by atoms with E-state index < -0.39 is 0 Å². The predicted molar refractivity (Wildman–Crippen MR) is 57.4 cm³/mol. The lowest BCUT2D eigenvalue weighted by atomic mass is 10.2. The SMILES string of the molecule is CCC(=O)C/C=C/C(=O)OC1CCCC1. The van der Waals surface area contributed by atoms with Crippen LogP contribution in [-0.2, 0) is 14.3 Å². The van der Waals surface area contributed by atoms with Gasteiger partial charge in [-0.25, -0.2) is 4.79 Å². The van der Waals surface area contributed by atoms with Crippen LogP contribution in [0, 0.1) is 0 Å². The van der Waals surface area contributed by atoms with E-state index in [-0.39, 0.29) is 17.9 Å². The number of rotatable bonds is 5. The topological polar surface area (TPSA) is 43.4 Å². The number of hydrogen-bond donors (Lipinski definition) is 0. The smallest absolute Gasteiger partial charge is 0.330 e. The molecular weight excluding hydrogens is 192 g/mol. The molecule has 0 aromatic carbocycles. The van der Waals surface area contributed by atoms with E-state index in [1.807, 2.05) is 6.92 Å². The monoisotopic (exact) mass is 210 g/mol. The lowest BCUT2D eigenvalue weighted by Gasteiger charge is -2.08. The van der Waals surface area contributed by atoms with Gasteiger partial charge in [0.05, 0.1) is 0 Å². The molecule has 0 aromatic rings. The fraction of sp³-hybridized carbons (Fsp3) is 0.667. The average molecular weight is 210 g/mol. The van der Waals surface area contributed by atoms with E-state index >= 15 is 0 Å². The molecule has 0 aromatic heterocycles. The Hall–Kier alpha value is -1.12. The summed E-state index contributed by atoms with van der Waals surface area (Å²) in [6, 6.07) is 0. The lowest BCUT2D eigenvalue weighted by molar-refractivity contribution is -0.142. The van der Waals surface area contributed by atoms with E-state index in [9.17, 15) is 9.59 Å². The van der Waals surface area contributed by atoms with Gasteiger partial charge in [-0.05, 0) is 25.7 Å². The first-order chi connectivity index (χ1) is 7.22. The van der Waals surface area contributed by atoms with Gasteiger partial charge >= 0.3 is 5.97 Å². The number of ketones is 1. The number of carbonyl (C=O) groups excluding carboxylic acids is 2. The Morgan fingerprint density at radius 1 is 1.33 bits per heavy atom. The average Bonchev–Trinajstić information content (AvgIpc) is 2.70. The largest absolute Gasteiger partial charge is 0.459 e. The van der Waals surface area contributed by atoms with E-state index in [1.54, 1.807) is 6.08 Å². The van der Waals surface area contributed by atoms with E-state index in [2.05, 4.69) is 0 Å². The van der Waals surface area contributed by atoms with Crippen molar-refractivity contribution in [3.8, 4) is 0 Å². The predicted octanol–water partition coefficient (Wildman–Crippen LogP) is 2.40. The second-order valence-corrected chi connectivity index (χ2v) is 3.84. The van der Waals surface area contributed by atoms with Crippen LogP contribution >= 0.6 is 0 Å². The number of Topliss-reactive ketones (excluding diaryl/α,β-unsaturated/α-hetero) is 1. The van der Waals surface area contributed by atoms with Gasteiger partial charge in [0.15, 0.2) is 0 Å². The van der Waals surface area contributed by atoms with Gasteiger partial charge in [0, 0.05) is 18.9 Å². The van der Waals surface area contributed by atoms with Crippen LogP contribution in [0.1, 0.15) is 45.4 Å². The highest BCUT2D eigenvalue weighted by atomic mass is 16.5. The van der Waals surface area contributed by atoms with Crippen molar-refractivity contribution in [3.63, 3.8) is 0 Å². The van der Waals surface area contributed by atoms with Crippen LogP contribution in [0.5, 0.6) is 0 Å². The summed E-state index contributed by atoms with van der Waals surface area (Å²) in [6.45, 7) is 1.81. The zero-order valence-electron chi connectivity index (χ0n) is 9.20. The van der Waals surface area contributed by atoms with Crippen LogP contribution in [0.15, 0.2) is 12.2 Å². The van der Waals surface area contributed by atoms with Gasteiger partial charge in [0.2, 0.25) is 0 Å². The van der Waals surface area contributed by atoms with Crippen molar-refractivity contribution in [2.75, 3.05) is 0 Å². The third-order valence-corrected chi connectivity index (χ3v) is 2.58.